The van der Waals surface area contributed by atoms with Gasteiger partial charge in [0.25, 0.3) is 0 Å². The molecule has 1 atom stereocenters. The van der Waals surface area contributed by atoms with Crippen LogP contribution in [0.15, 0.2) is 0 Å². The van der Waals surface area contributed by atoms with E-state index in [2.05, 4.69) is 29.8 Å². The Morgan fingerprint density at radius 2 is 1.67 bits per heavy atom. The highest BCUT2D eigenvalue weighted by Crippen LogP contribution is 2.32. The Labute approximate surface area is 142 Å². The third-order valence-corrected chi connectivity index (χ3v) is 4.25. The van der Waals surface area contributed by atoms with Gasteiger partial charge in [0.15, 0.2) is 0 Å². The molecular formula is C13H21F3N2O5S. The molecule has 140 valence electrons. The molecule has 0 aromatic carbocycles. The summed E-state index contributed by atoms with van der Waals surface area (Å²) in [5.41, 5.74) is 0. The van der Waals surface area contributed by atoms with Crippen LogP contribution in [0.25, 0.3) is 0 Å². The molecule has 1 heterocycles. The van der Waals surface area contributed by atoms with Crippen molar-refractivity contribution < 1.29 is 37.8 Å². The first kappa shape index (κ1) is 22.5. The molecule has 0 aromatic rings. The maximum atomic E-state index is 11.2. The van der Waals surface area contributed by atoms with Crippen LogP contribution in [0, 0.1) is 0 Å². The van der Waals surface area contributed by atoms with E-state index in [0.717, 1.165) is 19.6 Å². The number of thiol groups is 1. The summed E-state index contributed by atoms with van der Waals surface area (Å²) in [4.78, 5) is 33.4. The summed E-state index contributed by atoms with van der Waals surface area (Å²) in [5.74, 6) is -4.10. The van der Waals surface area contributed by atoms with E-state index >= 15 is 0 Å². The fourth-order valence-electron chi connectivity index (χ4n) is 2.17. The fourth-order valence-corrected chi connectivity index (χ4v) is 2.55. The van der Waals surface area contributed by atoms with Gasteiger partial charge in [0.2, 0.25) is 5.91 Å². The number of likely N-dealkylation sites (tertiary alicyclic amines) is 1. The summed E-state index contributed by atoms with van der Waals surface area (Å²) in [6, 6.07) is -0.915. The maximum absolute atomic E-state index is 11.2. The van der Waals surface area contributed by atoms with E-state index in [1.54, 1.807) is 0 Å². The highest BCUT2D eigenvalue weighted by molar-refractivity contribution is 7.82. The lowest BCUT2D eigenvalue weighted by Gasteiger charge is -2.41. The lowest BCUT2D eigenvalue weighted by atomic mass is 9.88. The van der Waals surface area contributed by atoms with Crippen molar-refractivity contribution in [2.45, 2.75) is 43.7 Å². The van der Waals surface area contributed by atoms with Crippen LogP contribution in [0.1, 0.15) is 26.7 Å². The number of alkyl halides is 3. The largest absolute Gasteiger partial charge is 0.490 e. The van der Waals surface area contributed by atoms with Gasteiger partial charge in [0.05, 0.1) is 0 Å². The molecule has 24 heavy (non-hydrogen) atoms. The zero-order valence-corrected chi connectivity index (χ0v) is 14.2. The van der Waals surface area contributed by atoms with Crippen molar-refractivity contribution in [3.05, 3.63) is 0 Å². The monoisotopic (exact) mass is 374 g/mol. The Morgan fingerprint density at radius 1 is 1.25 bits per heavy atom. The van der Waals surface area contributed by atoms with Crippen LogP contribution in [-0.2, 0) is 14.4 Å². The minimum atomic E-state index is -5.08. The first-order chi connectivity index (χ1) is 10.8. The molecule has 7 nitrogen and oxygen atoms in total. The van der Waals surface area contributed by atoms with Crippen molar-refractivity contribution >= 4 is 30.5 Å². The maximum Gasteiger partial charge on any atom is 0.490 e. The number of carboxylic acids is 2. The molecular weight excluding hydrogens is 353 g/mol. The number of halogens is 3. The van der Waals surface area contributed by atoms with Crippen LogP contribution in [-0.4, -0.2) is 69.6 Å². The van der Waals surface area contributed by atoms with Crippen LogP contribution < -0.4 is 5.32 Å². The van der Waals surface area contributed by atoms with Crippen LogP contribution in [0.3, 0.4) is 0 Å². The van der Waals surface area contributed by atoms with E-state index in [0.29, 0.717) is 12.8 Å². The molecule has 0 spiro atoms. The number of carboxylic acid groups (broad SMARTS) is 2. The minimum Gasteiger partial charge on any atom is -0.480 e. The average Bonchev–Trinajstić information content (AvgIpc) is 2.44. The molecule has 0 bridgehead atoms. The molecule has 3 N–H and O–H groups in total. The first-order valence-corrected chi connectivity index (χ1v) is 7.53. The van der Waals surface area contributed by atoms with Crippen molar-refractivity contribution in [1.29, 1.82) is 0 Å². The third kappa shape index (κ3) is 7.39. The Bertz CT molecular complexity index is 465. The number of amides is 1. The summed E-state index contributed by atoms with van der Waals surface area (Å²) in [7, 11) is 0. The zero-order valence-electron chi connectivity index (χ0n) is 13.3. The van der Waals surface area contributed by atoms with Gasteiger partial charge in [-0.2, -0.15) is 25.8 Å². The van der Waals surface area contributed by atoms with Gasteiger partial charge >= 0.3 is 18.1 Å². The number of nitrogens with one attached hydrogen (secondary N) is 1. The molecule has 0 radical (unpaired) electrons. The minimum absolute atomic E-state index is 0.330. The van der Waals surface area contributed by atoms with E-state index in [1.165, 1.54) is 6.92 Å². The SMILES string of the molecule is CCN1CCC(S)(C(NC(C)=O)C(=O)O)CC1.O=C(O)C(F)(F)F. The first-order valence-electron chi connectivity index (χ1n) is 7.08. The van der Waals surface area contributed by atoms with Crippen molar-refractivity contribution in [1.82, 2.24) is 10.2 Å². The summed E-state index contributed by atoms with van der Waals surface area (Å²) >= 11 is 4.52. The molecule has 0 aromatic heterocycles. The number of carbonyl (C=O) groups excluding carboxylic acids is 1. The lowest BCUT2D eigenvalue weighted by molar-refractivity contribution is -0.192. The second-order valence-electron chi connectivity index (χ2n) is 5.31. The van der Waals surface area contributed by atoms with E-state index in [4.69, 9.17) is 9.90 Å². The normalized spacial score (nSPS) is 18.8. The topological polar surface area (TPSA) is 107 Å². The number of nitrogens with zero attached hydrogens (tertiary/aromatic N) is 1. The third-order valence-electron chi connectivity index (χ3n) is 3.54. The molecule has 0 aliphatic carbocycles. The number of carbonyl (C=O) groups is 3. The highest BCUT2D eigenvalue weighted by atomic mass is 32.1. The van der Waals surface area contributed by atoms with Gasteiger partial charge in [-0.3, -0.25) is 4.79 Å². The van der Waals surface area contributed by atoms with Crippen LogP contribution >= 0.6 is 12.6 Å². The molecule has 1 rings (SSSR count). The van der Waals surface area contributed by atoms with Crippen LogP contribution in [0.4, 0.5) is 13.2 Å². The van der Waals surface area contributed by atoms with Crippen LogP contribution in [0.2, 0.25) is 0 Å². The van der Waals surface area contributed by atoms with Gasteiger partial charge in [-0.15, -0.1) is 0 Å². The van der Waals surface area contributed by atoms with Crippen LogP contribution in [0.5, 0.6) is 0 Å². The predicted octanol–water partition coefficient (Wildman–Crippen LogP) is 0.993. The number of hydrogen-bond acceptors (Lipinski definition) is 5. The fraction of sp³-hybridized carbons (Fsp3) is 0.769. The summed E-state index contributed by atoms with van der Waals surface area (Å²) in [6.07, 6.45) is -3.75. The number of piperidine rings is 1. The Balaban J connectivity index is 0.000000640. The van der Waals surface area contributed by atoms with Gasteiger partial charge in [0, 0.05) is 11.7 Å². The molecule has 1 amide bonds. The van der Waals surface area contributed by atoms with E-state index in [-0.39, 0.29) is 5.91 Å². The number of aliphatic carboxylic acids is 2. The van der Waals surface area contributed by atoms with Gasteiger partial charge in [-0.25, -0.2) is 9.59 Å². The zero-order chi connectivity index (χ0) is 19.1. The molecule has 0 saturated carbocycles. The molecule has 1 fully saturated rings. The lowest BCUT2D eigenvalue weighted by Crippen LogP contribution is -2.57. The Hall–Kier alpha value is -1.49. The van der Waals surface area contributed by atoms with Crippen molar-refractivity contribution in [2.24, 2.45) is 0 Å². The molecule has 1 aliphatic rings. The summed E-state index contributed by atoms with van der Waals surface area (Å²) in [6.45, 7) is 6.01. The second kappa shape index (κ2) is 9.11. The van der Waals surface area contributed by atoms with Crippen molar-refractivity contribution in [3.63, 3.8) is 0 Å². The molecule has 1 saturated heterocycles. The number of hydrogen-bond donors (Lipinski definition) is 4. The predicted molar refractivity (Wildman–Crippen MR) is 82.0 cm³/mol. The van der Waals surface area contributed by atoms with E-state index in [1.807, 2.05) is 0 Å². The van der Waals surface area contributed by atoms with E-state index in [9.17, 15) is 27.9 Å². The second-order valence-corrected chi connectivity index (χ2v) is 6.20. The quantitative estimate of drug-likeness (QED) is 0.547. The molecule has 1 unspecified atom stereocenters. The molecule has 1 aliphatic heterocycles. The number of rotatable bonds is 4. The molecule has 11 heteroatoms. The van der Waals surface area contributed by atoms with Gasteiger partial charge in [-0.1, -0.05) is 6.92 Å². The smallest absolute Gasteiger partial charge is 0.480 e. The van der Waals surface area contributed by atoms with Gasteiger partial charge in [0.1, 0.15) is 6.04 Å². The van der Waals surface area contributed by atoms with Gasteiger partial charge in [-0.05, 0) is 32.5 Å². The van der Waals surface area contributed by atoms with Crippen molar-refractivity contribution in [2.75, 3.05) is 19.6 Å². The Morgan fingerprint density at radius 3 is 1.92 bits per heavy atom. The highest BCUT2D eigenvalue weighted by Gasteiger charge is 2.43. The summed E-state index contributed by atoms with van der Waals surface area (Å²) < 4.78 is 31.1. The Kier molecular flexibility index (Phi) is 8.55. The summed E-state index contributed by atoms with van der Waals surface area (Å²) in [5, 5.41) is 18.8. The average molecular weight is 374 g/mol. The van der Waals surface area contributed by atoms with Crippen molar-refractivity contribution in [3.8, 4) is 0 Å². The van der Waals surface area contributed by atoms with Gasteiger partial charge < -0.3 is 20.4 Å². The van der Waals surface area contributed by atoms with E-state index < -0.39 is 28.9 Å². The standard InChI is InChI=1S/C11H20N2O3S.C2HF3O2/c1-3-13-6-4-11(17,5-7-13)9(10(15)16)12-8(2)14;3-2(4,5)1(6)7/h9,17H,3-7H2,1-2H3,(H,12,14)(H,15,16);(H,6,7).